The number of thiophene rings is 1. The Balaban J connectivity index is 1.65. The summed E-state index contributed by atoms with van der Waals surface area (Å²) in [5.41, 5.74) is 2.09. The van der Waals surface area contributed by atoms with Gasteiger partial charge in [0, 0.05) is 34.5 Å². The molecule has 5 aromatic rings. The van der Waals surface area contributed by atoms with Crippen LogP contribution in [-0.4, -0.2) is 36.6 Å². The van der Waals surface area contributed by atoms with E-state index in [2.05, 4.69) is 15.4 Å². The number of carbonyl (C=O) groups excluding carboxylic acids is 2. The maximum Gasteiger partial charge on any atom is 0.280 e. The SMILES string of the molecule is O=CCn1ccc(-c2ccccn2)c(-c2cc(NCc3ccc(Cl)s3)n(C(=O)c3ccc(CO)cc3)n2)c1=O. The van der Waals surface area contributed by atoms with Gasteiger partial charge < -0.3 is 19.8 Å². The number of benzene rings is 1. The zero-order valence-corrected chi connectivity index (χ0v) is 22.0. The van der Waals surface area contributed by atoms with Crippen LogP contribution in [0, 0.1) is 0 Å². The highest BCUT2D eigenvalue weighted by atomic mass is 35.5. The smallest absolute Gasteiger partial charge is 0.280 e. The van der Waals surface area contributed by atoms with Gasteiger partial charge in [-0.3, -0.25) is 14.6 Å². The van der Waals surface area contributed by atoms with Gasteiger partial charge in [0.1, 0.15) is 17.8 Å². The highest BCUT2D eigenvalue weighted by Gasteiger charge is 2.22. The summed E-state index contributed by atoms with van der Waals surface area (Å²) in [6.45, 7) is 0.0971. The number of hydrogen-bond donors (Lipinski definition) is 2. The maximum absolute atomic E-state index is 13.6. The molecule has 4 heterocycles. The number of aliphatic hydroxyl groups excluding tert-OH is 1. The van der Waals surface area contributed by atoms with E-state index >= 15 is 0 Å². The third-order valence-corrected chi connectivity index (χ3v) is 7.22. The predicted molar refractivity (Wildman–Crippen MR) is 150 cm³/mol. The number of pyridine rings is 2. The quantitative estimate of drug-likeness (QED) is 0.256. The molecule has 11 heteroatoms. The predicted octanol–water partition coefficient (Wildman–Crippen LogP) is 4.48. The number of aromatic nitrogens is 4. The average Bonchev–Trinajstić information content (AvgIpc) is 3.58. The molecule has 0 saturated carbocycles. The molecule has 2 N–H and O–H groups in total. The Morgan fingerprint density at radius 1 is 1.08 bits per heavy atom. The van der Waals surface area contributed by atoms with Crippen LogP contribution in [0.4, 0.5) is 5.82 Å². The van der Waals surface area contributed by atoms with Gasteiger partial charge in [-0.1, -0.05) is 29.8 Å². The van der Waals surface area contributed by atoms with Crippen LogP contribution in [0.5, 0.6) is 0 Å². The van der Waals surface area contributed by atoms with E-state index in [1.165, 1.54) is 26.8 Å². The zero-order valence-electron chi connectivity index (χ0n) is 20.5. The molecule has 4 aromatic heterocycles. The molecule has 0 aliphatic rings. The second kappa shape index (κ2) is 11.6. The summed E-state index contributed by atoms with van der Waals surface area (Å²) >= 11 is 7.48. The zero-order chi connectivity index (χ0) is 27.4. The molecule has 0 spiro atoms. The molecule has 39 heavy (non-hydrogen) atoms. The second-order valence-electron chi connectivity index (χ2n) is 8.49. The molecular weight excluding hydrogens is 538 g/mol. The summed E-state index contributed by atoms with van der Waals surface area (Å²) < 4.78 is 3.13. The third-order valence-electron chi connectivity index (χ3n) is 5.99. The van der Waals surface area contributed by atoms with Gasteiger partial charge in [0.2, 0.25) is 0 Å². The lowest BCUT2D eigenvalue weighted by Crippen LogP contribution is -2.23. The summed E-state index contributed by atoms with van der Waals surface area (Å²) in [7, 11) is 0. The fourth-order valence-corrected chi connectivity index (χ4v) is 5.09. The number of aliphatic hydroxyl groups is 1. The lowest BCUT2D eigenvalue weighted by molar-refractivity contribution is -0.108. The van der Waals surface area contributed by atoms with Gasteiger partial charge in [-0.2, -0.15) is 9.78 Å². The molecule has 0 radical (unpaired) electrons. The monoisotopic (exact) mass is 559 g/mol. The second-order valence-corrected chi connectivity index (χ2v) is 10.3. The topological polar surface area (TPSA) is 119 Å². The van der Waals surface area contributed by atoms with Crippen LogP contribution in [0.3, 0.4) is 0 Å². The van der Waals surface area contributed by atoms with E-state index in [1.54, 1.807) is 66.9 Å². The summed E-state index contributed by atoms with van der Waals surface area (Å²) in [6, 6.07) is 18.9. The molecule has 0 saturated heterocycles. The molecule has 0 aliphatic heterocycles. The van der Waals surface area contributed by atoms with Crippen molar-refractivity contribution in [3.8, 4) is 22.5 Å². The molecule has 1 aromatic carbocycles. The van der Waals surface area contributed by atoms with Gasteiger partial charge >= 0.3 is 0 Å². The minimum Gasteiger partial charge on any atom is -0.392 e. The number of nitrogens with one attached hydrogen (secondary N) is 1. The molecule has 0 unspecified atom stereocenters. The first kappa shape index (κ1) is 26.2. The van der Waals surface area contributed by atoms with Crippen molar-refractivity contribution in [2.24, 2.45) is 0 Å². The third kappa shape index (κ3) is 5.58. The first-order valence-electron chi connectivity index (χ1n) is 11.9. The average molecular weight is 560 g/mol. The Morgan fingerprint density at radius 3 is 2.56 bits per heavy atom. The van der Waals surface area contributed by atoms with E-state index in [0.29, 0.717) is 45.4 Å². The van der Waals surface area contributed by atoms with E-state index < -0.39 is 11.5 Å². The normalized spacial score (nSPS) is 10.9. The van der Waals surface area contributed by atoms with E-state index in [9.17, 15) is 19.5 Å². The van der Waals surface area contributed by atoms with Gasteiger partial charge in [-0.25, -0.2) is 0 Å². The van der Waals surface area contributed by atoms with Gasteiger partial charge in [0.15, 0.2) is 0 Å². The van der Waals surface area contributed by atoms with Crippen LogP contribution in [0.1, 0.15) is 20.8 Å². The molecule has 0 aliphatic carbocycles. The molecule has 0 amide bonds. The van der Waals surface area contributed by atoms with Crippen molar-refractivity contribution in [3.05, 3.63) is 110 Å². The van der Waals surface area contributed by atoms with E-state index in [4.69, 9.17) is 11.6 Å². The van der Waals surface area contributed by atoms with Crippen molar-refractivity contribution < 1.29 is 14.7 Å². The van der Waals surface area contributed by atoms with Crippen LogP contribution in [-0.2, 0) is 24.5 Å². The van der Waals surface area contributed by atoms with Crippen molar-refractivity contribution in [2.45, 2.75) is 19.7 Å². The molecule has 9 nitrogen and oxygen atoms in total. The minimum absolute atomic E-state index is 0.130. The van der Waals surface area contributed by atoms with Crippen molar-refractivity contribution in [1.29, 1.82) is 0 Å². The number of anilines is 1. The van der Waals surface area contributed by atoms with Crippen LogP contribution >= 0.6 is 22.9 Å². The molecular formula is C28H22ClN5O4S. The Labute approximate surface area is 232 Å². The summed E-state index contributed by atoms with van der Waals surface area (Å²) in [6.07, 6.45) is 3.80. The number of rotatable bonds is 9. The van der Waals surface area contributed by atoms with Crippen molar-refractivity contribution in [1.82, 2.24) is 19.3 Å². The lowest BCUT2D eigenvalue weighted by Gasteiger charge is -2.10. The molecule has 0 fully saturated rings. The number of carbonyl (C=O) groups is 2. The first-order chi connectivity index (χ1) is 19.0. The molecule has 0 atom stereocenters. The minimum atomic E-state index is -0.439. The van der Waals surface area contributed by atoms with E-state index in [0.717, 1.165) is 4.88 Å². The lowest BCUT2D eigenvalue weighted by atomic mass is 10.0. The highest BCUT2D eigenvalue weighted by molar-refractivity contribution is 7.16. The maximum atomic E-state index is 13.6. The largest absolute Gasteiger partial charge is 0.392 e. The Bertz CT molecular complexity index is 1690. The number of hydrogen-bond acceptors (Lipinski definition) is 8. The Morgan fingerprint density at radius 2 is 1.90 bits per heavy atom. The number of aldehydes is 1. The summed E-state index contributed by atoms with van der Waals surface area (Å²) in [5.74, 6) is -0.0658. The van der Waals surface area contributed by atoms with Crippen LogP contribution in [0.15, 0.2) is 83.9 Å². The number of nitrogens with zero attached hydrogens (tertiary/aromatic N) is 4. The Kier molecular flexibility index (Phi) is 7.78. The van der Waals surface area contributed by atoms with E-state index in [1.807, 2.05) is 6.07 Å². The fraction of sp³-hybridized carbons (Fsp3) is 0.107. The van der Waals surface area contributed by atoms with Crippen molar-refractivity contribution >= 4 is 40.9 Å². The number of halogens is 1. The summed E-state index contributed by atoms with van der Waals surface area (Å²) in [5, 5.41) is 17.2. The van der Waals surface area contributed by atoms with Gasteiger partial charge in [0.25, 0.3) is 11.5 Å². The van der Waals surface area contributed by atoms with Crippen molar-refractivity contribution in [3.63, 3.8) is 0 Å². The van der Waals surface area contributed by atoms with Crippen LogP contribution in [0.2, 0.25) is 4.34 Å². The molecule has 196 valence electrons. The van der Waals surface area contributed by atoms with Gasteiger partial charge in [0.05, 0.1) is 35.3 Å². The standard InChI is InChI=1S/C28H22ClN5O4S/c29-24-9-8-20(39-24)16-31-25-15-23(32-34(25)27(37)19-6-4-18(17-36)5-7-19)26-21(22-3-1-2-11-30-22)10-12-33(13-14-35)28(26)38/h1-12,14-15,31,36H,13,16-17H2. The highest BCUT2D eigenvalue weighted by Crippen LogP contribution is 2.30. The van der Waals surface area contributed by atoms with Gasteiger partial charge in [-0.15, -0.1) is 11.3 Å². The first-order valence-corrected chi connectivity index (χ1v) is 13.1. The molecule has 5 rings (SSSR count). The summed E-state index contributed by atoms with van der Waals surface area (Å²) in [4.78, 5) is 43.7. The Hall–Kier alpha value is -4.38. The van der Waals surface area contributed by atoms with Crippen LogP contribution < -0.4 is 10.9 Å². The van der Waals surface area contributed by atoms with Gasteiger partial charge in [-0.05, 0) is 48.0 Å². The fourth-order valence-electron chi connectivity index (χ4n) is 4.06. The molecule has 0 bridgehead atoms. The van der Waals surface area contributed by atoms with Crippen molar-refractivity contribution in [2.75, 3.05) is 5.32 Å². The van der Waals surface area contributed by atoms with Crippen LogP contribution in [0.25, 0.3) is 22.5 Å². The van der Waals surface area contributed by atoms with E-state index in [-0.39, 0.29) is 24.4 Å².